The summed E-state index contributed by atoms with van der Waals surface area (Å²) in [6.45, 7) is 14.0. The van der Waals surface area contributed by atoms with E-state index in [1.54, 1.807) is 6.92 Å². The number of ketones is 1. The Morgan fingerprint density at radius 3 is 2.05 bits per heavy atom. The lowest BCUT2D eigenvalue weighted by atomic mass is 9.96. The van der Waals surface area contributed by atoms with Crippen LogP contribution in [0.2, 0.25) is 0 Å². The van der Waals surface area contributed by atoms with Crippen molar-refractivity contribution in [2.24, 2.45) is 5.41 Å². The predicted molar refractivity (Wildman–Crippen MR) is 84.6 cm³/mol. The highest BCUT2D eigenvalue weighted by Gasteiger charge is 2.21. The van der Waals surface area contributed by atoms with Crippen LogP contribution in [0, 0.1) is 5.41 Å². The quantitative estimate of drug-likeness (QED) is 0.792. The number of hydrogen-bond donors (Lipinski definition) is 0. The van der Waals surface area contributed by atoms with E-state index in [2.05, 4.69) is 42.7 Å². The molecule has 0 aromatic heterocycles. The lowest BCUT2D eigenvalue weighted by Crippen LogP contribution is -2.48. The molecule has 1 aliphatic rings. The highest BCUT2D eigenvalue weighted by Crippen LogP contribution is 2.20. The number of anilines is 1. The Hall–Kier alpha value is -1.35. The van der Waals surface area contributed by atoms with Crippen LogP contribution in [0.15, 0.2) is 24.3 Å². The lowest BCUT2D eigenvalue weighted by molar-refractivity contribution is 0.101. The first kappa shape index (κ1) is 15.0. The summed E-state index contributed by atoms with van der Waals surface area (Å²) >= 11 is 0. The van der Waals surface area contributed by atoms with Crippen molar-refractivity contribution in [2.45, 2.75) is 27.7 Å². The van der Waals surface area contributed by atoms with Crippen LogP contribution in [0.5, 0.6) is 0 Å². The van der Waals surface area contributed by atoms with Gasteiger partial charge in [0, 0.05) is 44.0 Å². The van der Waals surface area contributed by atoms with Crippen LogP contribution >= 0.6 is 0 Å². The third kappa shape index (κ3) is 4.07. The molecule has 2 rings (SSSR count). The molecule has 1 fully saturated rings. The van der Waals surface area contributed by atoms with E-state index in [1.165, 1.54) is 5.69 Å². The van der Waals surface area contributed by atoms with Gasteiger partial charge in [-0.3, -0.25) is 9.69 Å². The largest absolute Gasteiger partial charge is 0.369 e. The number of hydrogen-bond acceptors (Lipinski definition) is 3. The number of carbonyl (C=O) groups is 1. The van der Waals surface area contributed by atoms with Crippen LogP contribution in [-0.4, -0.2) is 43.4 Å². The van der Waals surface area contributed by atoms with E-state index in [4.69, 9.17) is 0 Å². The zero-order valence-corrected chi connectivity index (χ0v) is 13.1. The summed E-state index contributed by atoms with van der Waals surface area (Å²) in [7, 11) is 0. The summed E-state index contributed by atoms with van der Waals surface area (Å²) in [5.74, 6) is 0.131. The van der Waals surface area contributed by atoms with Crippen LogP contribution in [0.4, 0.5) is 5.69 Å². The molecular formula is C17H26N2O. The number of rotatable bonds is 3. The Balaban J connectivity index is 1.92. The third-order valence-electron chi connectivity index (χ3n) is 3.71. The normalized spacial score (nSPS) is 17.3. The Morgan fingerprint density at radius 1 is 1.05 bits per heavy atom. The smallest absolute Gasteiger partial charge is 0.159 e. The second-order valence-electron chi connectivity index (χ2n) is 6.93. The van der Waals surface area contributed by atoms with Gasteiger partial charge in [0.2, 0.25) is 0 Å². The molecule has 1 heterocycles. The van der Waals surface area contributed by atoms with Gasteiger partial charge in [0.15, 0.2) is 5.78 Å². The minimum absolute atomic E-state index is 0.131. The topological polar surface area (TPSA) is 23.6 Å². The number of nitrogens with zero attached hydrogens (tertiary/aromatic N) is 2. The van der Waals surface area contributed by atoms with Crippen molar-refractivity contribution < 1.29 is 4.79 Å². The fraction of sp³-hybridized carbons (Fsp3) is 0.588. The number of Topliss-reactive ketones (excluding diaryl/α,β-unsaturated/α-hetero) is 1. The monoisotopic (exact) mass is 274 g/mol. The maximum absolute atomic E-state index is 11.3. The Labute approximate surface area is 122 Å². The van der Waals surface area contributed by atoms with Crippen molar-refractivity contribution in [3.63, 3.8) is 0 Å². The summed E-state index contributed by atoms with van der Waals surface area (Å²) in [4.78, 5) is 16.2. The van der Waals surface area contributed by atoms with Crippen molar-refractivity contribution in [1.29, 1.82) is 0 Å². The summed E-state index contributed by atoms with van der Waals surface area (Å²) in [6, 6.07) is 7.99. The molecule has 0 bridgehead atoms. The Bertz CT molecular complexity index is 451. The molecular weight excluding hydrogens is 248 g/mol. The first-order chi connectivity index (χ1) is 9.35. The Kier molecular flexibility index (Phi) is 4.48. The molecule has 0 radical (unpaired) electrons. The van der Waals surface area contributed by atoms with E-state index in [9.17, 15) is 4.79 Å². The van der Waals surface area contributed by atoms with Gasteiger partial charge in [-0.25, -0.2) is 0 Å². The second kappa shape index (κ2) is 5.96. The molecule has 20 heavy (non-hydrogen) atoms. The molecule has 0 atom stereocenters. The molecule has 1 aromatic rings. The van der Waals surface area contributed by atoms with E-state index >= 15 is 0 Å². The molecule has 0 saturated carbocycles. The molecule has 0 spiro atoms. The van der Waals surface area contributed by atoms with Crippen LogP contribution < -0.4 is 4.90 Å². The minimum atomic E-state index is 0.131. The molecule has 110 valence electrons. The average molecular weight is 274 g/mol. The molecule has 3 heteroatoms. The van der Waals surface area contributed by atoms with Crippen LogP contribution in [0.25, 0.3) is 0 Å². The van der Waals surface area contributed by atoms with Gasteiger partial charge < -0.3 is 4.90 Å². The maximum Gasteiger partial charge on any atom is 0.159 e. The highest BCUT2D eigenvalue weighted by molar-refractivity contribution is 5.94. The van der Waals surface area contributed by atoms with Gasteiger partial charge in [-0.1, -0.05) is 20.8 Å². The molecule has 1 aliphatic heterocycles. The summed E-state index contributed by atoms with van der Waals surface area (Å²) < 4.78 is 0. The van der Waals surface area contributed by atoms with Gasteiger partial charge in [0.1, 0.15) is 0 Å². The molecule has 3 nitrogen and oxygen atoms in total. The van der Waals surface area contributed by atoms with Crippen LogP contribution in [0.1, 0.15) is 38.1 Å². The van der Waals surface area contributed by atoms with Crippen molar-refractivity contribution in [3.8, 4) is 0 Å². The molecule has 1 saturated heterocycles. The highest BCUT2D eigenvalue weighted by atomic mass is 16.1. The fourth-order valence-electron chi connectivity index (χ4n) is 2.74. The Morgan fingerprint density at radius 2 is 1.60 bits per heavy atom. The first-order valence-electron chi connectivity index (χ1n) is 7.43. The van der Waals surface area contributed by atoms with E-state index < -0.39 is 0 Å². The third-order valence-corrected chi connectivity index (χ3v) is 3.71. The van der Waals surface area contributed by atoms with Crippen molar-refractivity contribution >= 4 is 11.5 Å². The predicted octanol–water partition coefficient (Wildman–Crippen LogP) is 3.06. The van der Waals surface area contributed by atoms with Gasteiger partial charge >= 0.3 is 0 Å². The van der Waals surface area contributed by atoms with Gasteiger partial charge in [-0.15, -0.1) is 0 Å². The van der Waals surface area contributed by atoms with E-state index in [1.807, 2.05) is 12.1 Å². The summed E-state index contributed by atoms with van der Waals surface area (Å²) in [5, 5.41) is 0. The van der Waals surface area contributed by atoms with Crippen LogP contribution in [-0.2, 0) is 0 Å². The lowest BCUT2D eigenvalue weighted by Gasteiger charge is -2.38. The van der Waals surface area contributed by atoms with Gasteiger partial charge in [0.05, 0.1) is 0 Å². The van der Waals surface area contributed by atoms with Crippen molar-refractivity contribution in [1.82, 2.24) is 4.90 Å². The number of carbonyl (C=O) groups excluding carboxylic acids is 1. The zero-order valence-electron chi connectivity index (χ0n) is 13.1. The zero-order chi connectivity index (χ0) is 14.8. The molecule has 0 unspecified atom stereocenters. The molecule has 0 N–H and O–H groups in total. The van der Waals surface area contributed by atoms with Gasteiger partial charge in [-0.2, -0.15) is 0 Å². The minimum Gasteiger partial charge on any atom is -0.369 e. The molecule has 0 aliphatic carbocycles. The number of piperazine rings is 1. The standard InChI is InChI=1S/C17H26N2O/c1-14(20)15-5-7-16(8-6-15)19-11-9-18(10-12-19)13-17(2,3)4/h5-8H,9-13H2,1-4H3. The second-order valence-corrected chi connectivity index (χ2v) is 6.93. The summed E-state index contributed by atoms with van der Waals surface area (Å²) in [5.41, 5.74) is 2.39. The van der Waals surface area contributed by atoms with Crippen molar-refractivity contribution in [2.75, 3.05) is 37.6 Å². The SMILES string of the molecule is CC(=O)c1ccc(N2CCN(CC(C)(C)C)CC2)cc1. The van der Waals surface area contributed by atoms with Gasteiger partial charge in [0.25, 0.3) is 0 Å². The first-order valence-corrected chi connectivity index (χ1v) is 7.43. The van der Waals surface area contributed by atoms with Crippen molar-refractivity contribution in [3.05, 3.63) is 29.8 Å². The van der Waals surface area contributed by atoms with Crippen LogP contribution in [0.3, 0.4) is 0 Å². The van der Waals surface area contributed by atoms with E-state index in [-0.39, 0.29) is 5.78 Å². The fourth-order valence-corrected chi connectivity index (χ4v) is 2.74. The summed E-state index contributed by atoms with van der Waals surface area (Å²) in [6.07, 6.45) is 0. The molecule has 0 amide bonds. The number of benzene rings is 1. The van der Waals surface area contributed by atoms with E-state index in [0.717, 1.165) is 38.3 Å². The molecule has 1 aromatic carbocycles. The average Bonchev–Trinajstić information content (AvgIpc) is 2.38. The van der Waals surface area contributed by atoms with E-state index in [0.29, 0.717) is 5.41 Å². The van der Waals surface area contributed by atoms with Gasteiger partial charge in [-0.05, 0) is 36.6 Å². The maximum atomic E-state index is 11.3.